The maximum absolute atomic E-state index is 12.3. The Morgan fingerprint density at radius 3 is 2.18 bits per heavy atom. The van der Waals surface area contributed by atoms with Gasteiger partial charge in [-0.3, -0.25) is 4.79 Å². The number of hydrogen-bond donors (Lipinski definition) is 1. The molecule has 0 saturated carbocycles. The monoisotopic (exact) mass is 308 g/mol. The molecule has 0 aliphatic rings. The summed E-state index contributed by atoms with van der Waals surface area (Å²) < 4.78 is 10.5. The first-order valence-corrected chi connectivity index (χ1v) is 7.89. The van der Waals surface area contributed by atoms with Crippen LogP contribution in [-0.4, -0.2) is 51.2 Å². The molecule has 1 N–H and O–H groups in total. The van der Waals surface area contributed by atoms with Gasteiger partial charge in [-0.25, -0.2) is 0 Å². The predicted molar refractivity (Wildman–Crippen MR) is 88.9 cm³/mol. The summed E-state index contributed by atoms with van der Waals surface area (Å²) in [6.07, 6.45) is 2.03. The van der Waals surface area contributed by atoms with Crippen LogP contribution in [0.4, 0.5) is 0 Å². The van der Waals surface area contributed by atoms with E-state index < -0.39 is 0 Å². The summed E-state index contributed by atoms with van der Waals surface area (Å²) in [6, 6.07) is 5.33. The van der Waals surface area contributed by atoms with Gasteiger partial charge in [0, 0.05) is 6.54 Å². The Labute approximate surface area is 133 Å². The maximum Gasteiger partial charge on any atom is 0.258 e. The summed E-state index contributed by atoms with van der Waals surface area (Å²) in [5, 5.41) is 2.94. The first-order valence-electron chi connectivity index (χ1n) is 7.89. The van der Waals surface area contributed by atoms with E-state index in [1.54, 1.807) is 32.4 Å². The summed E-state index contributed by atoms with van der Waals surface area (Å²) in [6.45, 7) is 8.20. The van der Waals surface area contributed by atoms with Gasteiger partial charge in [0.05, 0.1) is 14.2 Å². The van der Waals surface area contributed by atoms with Gasteiger partial charge in [-0.1, -0.05) is 19.9 Å². The normalized spacial score (nSPS) is 10.6. The third-order valence-corrected chi connectivity index (χ3v) is 3.74. The summed E-state index contributed by atoms with van der Waals surface area (Å²) in [7, 11) is 3.10. The molecule has 124 valence electrons. The zero-order valence-electron chi connectivity index (χ0n) is 14.1. The number of hydrogen-bond acceptors (Lipinski definition) is 4. The van der Waals surface area contributed by atoms with Crippen molar-refractivity contribution in [1.29, 1.82) is 0 Å². The number of benzene rings is 1. The lowest BCUT2D eigenvalue weighted by molar-refractivity contribution is 0.0946. The van der Waals surface area contributed by atoms with E-state index in [9.17, 15) is 4.79 Å². The third-order valence-electron chi connectivity index (χ3n) is 3.74. The molecule has 1 aromatic rings. The van der Waals surface area contributed by atoms with Crippen LogP contribution in [0, 0.1) is 0 Å². The second-order valence-corrected chi connectivity index (χ2v) is 5.03. The number of ether oxygens (including phenoxy) is 2. The smallest absolute Gasteiger partial charge is 0.258 e. The number of nitrogens with zero attached hydrogens (tertiary/aromatic N) is 1. The van der Waals surface area contributed by atoms with Gasteiger partial charge in [0.2, 0.25) is 0 Å². The lowest BCUT2D eigenvalue weighted by Gasteiger charge is -2.17. The molecule has 5 nitrogen and oxygen atoms in total. The number of carbonyl (C=O) groups is 1. The molecule has 0 atom stereocenters. The molecule has 0 aromatic heterocycles. The van der Waals surface area contributed by atoms with E-state index >= 15 is 0 Å². The van der Waals surface area contributed by atoms with Crippen LogP contribution in [0.5, 0.6) is 11.5 Å². The molecule has 0 spiro atoms. The van der Waals surface area contributed by atoms with Crippen LogP contribution in [0.3, 0.4) is 0 Å². The molecule has 1 rings (SSSR count). The van der Waals surface area contributed by atoms with Crippen molar-refractivity contribution in [2.75, 3.05) is 40.4 Å². The fourth-order valence-corrected chi connectivity index (χ4v) is 2.37. The van der Waals surface area contributed by atoms with E-state index in [1.165, 1.54) is 0 Å². The number of rotatable bonds is 10. The van der Waals surface area contributed by atoms with Gasteiger partial charge in [0.1, 0.15) is 17.1 Å². The van der Waals surface area contributed by atoms with Crippen LogP contribution in [0.2, 0.25) is 0 Å². The predicted octanol–water partition coefficient (Wildman–Crippen LogP) is 2.56. The van der Waals surface area contributed by atoms with Crippen LogP contribution >= 0.6 is 0 Å². The minimum absolute atomic E-state index is 0.155. The third kappa shape index (κ3) is 5.22. The van der Waals surface area contributed by atoms with E-state index in [2.05, 4.69) is 24.1 Å². The first-order chi connectivity index (χ1) is 10.7. The highest BCUT2D eigenvalue weighted by Crippen LogP contribution is 2.27. The van der Waals surface area contributed by atoms with Crippen molar-refractivity contribution in [1.82, 2.24) is 10.2 Å². The molecule has 0 aliphatic carbocycles. The highest BCUT2D eigenvalue weighted by Gasteiger charge is 2.17. The molecule has 5 heteroatoms. The van der Waals surface area contributed by atoms with Crippen molar-refractivity contribution in [3.05, 3.63) is 23.8 Å². The van der Waals surface area contributed by atoms with Crippen molar-refractivity contribution in [3.63, 3.8) is 0 Å². The zero-order valence-corrected chi connectivity index (χ0v) is 14.1. The number of methoxy groups -OCH3 is 2. The van der Waals surface area contributed by atoms with Gasteiger partial charge in [0.15, 0.2) is 0 Å². The molecular weight excluding hydrogens is 280 g/mol. The molecule has 1 amide bonds. The van der Waals surface area contributed by atoms with Crippen molar-refractivity contribution in [2.45, 2.75) is 26.7 Å². The summed E-state index contributed by atoms with van der Waals surface area (Å²) >= 11 is 0. The second-order valence-electron chi connectivity index (χ2n) is 5.03. The topological polar surface area (TPSA) is 50.8 Å². The van der Waals surface area contributed by atoms with Crippen molar-refractivity contribution < 1.29 is 14.3 Å². The van der Waals surface area contributed by atoms with Gasteiger partial charge in [-0.2, -0.15) is 0 Å². The molecule has 0 unspecified atom stereocenters. The minimum Gasteiger partial charge on any atom is -0.496 e. The fraction of sp³-hybridized carbons (Fsp3) is 0.588. The Morgan fingerprint density at radius 1 is 1.09 bits per heavy atom. The van der Waals surface area contributed by atoms with Gasteiger partial charge >= 0.3 is 0 Å². The second kappa shape index (κ2) is 10.1. The summed E-state index contributed by atoms with van der Waals surface area (Å²) in [4.78, 5) is 14.7. The number of amides is 1. The molecule has 22 heavy (non-hydrogen) atoms. The quantitative estimate of drug-likeness (QED) is 0.675. The minimum atomic E-state index is -0.155. The molecule has 0 radical (unpaired) electrons. The number of carbonyl (C=O) groups excluding carboxylic acids is 1. The van der Waals surface area contributed by atoms with E-state index in [4.69, 9.17) is 9.47 Å². The Hall–Kier alpha value is -1.75. The van der Waals surface area contributed by atoms with Crippen LogP contribution in [0.1, 0.15) is 37.0 Å². The molecular formula is C17H28N2O3. The summed E-state index contributed by atoms with van der Waals surface area (Å²) in [5.74, 6) is 0.900. The van der Waals surface area contributed by atoms with Crippen LogP contribution < -0.4 is 14.8 Å². The average Bonchev–Trinajstić information content (AvgIpc) is 2.56. The van der Waals surface area contributed by atoms with Crippen molar-refractivity contribution in [2.24, 2.45) is 0 Å². The number of nitrogens with one attached hydrogen (secondary N) is 1. The highest BCUT2D eigenvalue weighted by molar-refractivity contribution is 5.99. The van der Waals surface area contributed by atoms with Crippen LogP contribution in [-0.2, 0) is 0 Å². The number of unbranched alkanes of at least 4 members (excludes halogenated alkanes) is 1. The molecule has 0 heterocycles. The van der Waals surface area contributed by atoms with Gasteiger partial charge in [-0.15, -0.1) is 0 Å². The molecule has 0 saturated heterocycles. The Bertz CT molecular complexity index is 437. The van der Waals surface area contributed by atoms with Crippen molar-refractivity contribution >= 4 is 5.91 Å². The molecule has 0 fully saturated rings. The standard InChI is InChI=1S/C17H28N2O3/c1-5-19(6-2)13-8-7-12-18-17(20)16-14(21-3)10-9-11-15(16)22-4/h9-11H,5-8,12-13H2,1-4H3,(H,18,20). The van der Waals surface area contributed by atoms with E-state index in [0.717, 1.165) is 32.5 Å². The molecule has 1 aromatic carbocycles. The highest BCUT2D eigenvalue weighted by atomic mass is 16.5. The van der Waals surface area contributed by atoms with E-state index in [1.807, 2.05) is 0 Å². The zero-order chi connectivity index (χ0) is 16.4. The van der Waals surface area contributed by atoms with E-state index in [-0.39, 0.29) is 5.91 Å². The molecule has 0 aliphatic heterocycles. The largest absolute Gasteiger partial charge is 0.496 e. The maximum atomic E-state index is 12.3. The Morgan fingerprint density at radius 2 is 1.68 bits per heavy atom. The Kier molecular flexibility index (Phi) is 8.36. The lowest BCUT2D eigenvalue weighted by Crippen LogP contribution is -2.27. The SMILES string of the molecule is CCN(CC)CCCCNC(=O)c1c(OC)cccc1OC. The fourth-order valence-electron chi connectivity index (χ4n) is 2.37. The first kappa shape index (κ1) is 18.3. The van der Waals surface area contributed by atoms with Gasteiger partial charge in [0.25, 0.3) is 5.91 Å². The van der Waals surface area contributed by atoms with Gasteiger partial charge in [-0.05, 0) is 44.6 Å². The Balaban J connectivity index is 2.49. The van der Waals surface area contributed by atoms with Crippen LogP contribution in [0.25, 0.3) is 0 Å². The van der Waals surface area contributed by atoms with Gasteiger partial charge < -0.3 is 19.7 Å². The lowest BCUT2D eigenvalue weighted by atomic mass is 10.1. The summed E-state index contributed by atoms with van der Waals surface area (Å²) in [5.41, 5.74) is 0.455. The van der Waals surface area contributed by atoms with Crippen LogP contribution in [0.15, 0.2) is 18.2 Å². The average molecular weight is 308 g/mol. The molecule has 0 bridgehead atoms. The van der Waals surface area contributed by atoms with E-state index in [0.29, 0.717) is 23.6 Å². The van der Waals surface area contributed by atoms with Crippen molar-refractivity contribution in [3.8, 4) is 11.5 Å².